The lowest BCUT2D eigenvalue weighted by Crippen LogP contribution is -2.38. The smallest absolute Gasteiger partial charge is 0.193 e. The number of benzene rings is 1. The summed E-state index contributed by atoms with van der Waals surface area (Å²) >= 11 is 0. The summed E-state index contributed by atoms with van der Waals surface area (Å²) in [6.07, 6.45) is 3.92. The van der Waals surface area contributed by atoms with Gasteiger partial charge in [-0.1, -0.05) is 25.0 Å². The lowest BCUT2D eigenvalue weighted by atomic mass is 10.2. The zero-order valence-corrected chi connectivity index (χ0v) is 12.4. The minimum Gasteiger partial charge on any atom is -0.357 e. The maximum Gasteiger partial charge on any atom is 0.193 e. The van der Waals surface area contributed by atoms with E-state index in [1.54, 1.807) is 12.1 Å². The van der Waals surface area contributed by atoms with Gasteiger partial charge in [0.2, 0.25) is 0 Å². The summed E-state index contributed by atoms with van der Waals surface area (Å²) in [5.41, 5.74) is 0.959. The van der Waals surface area contributed by atoms with Crippen molar-refractivity contribution in [1.82, 2.24) is 10.2 Å². The number of nitrogens with zero attached hydrogens (tertiary/aromatic N) is 2. The van der Waals surface area contributed by atoms with E-state index in [1.807, 2.05) is 18.0 Å². The van der Waals surface area contributed by atoms with E-state index in [0.717, 1.165) is 30.5 Å². The van der Waals surface area contributed by atoms with Crippen LogP contribution in [0.1, 0.15) is 31.7 Å². The van der Waals surface area contributed by atoms with Crippen LogP contribution in [0.2, 0.25) is 0 Å². The fourth-order valence-corrected chi connectivity index (χ4v) is 2.21. The number of aliphatic imine (C=N–C) groups is 1. The molecule has 1 aromatic carbocycles. The van der Waals surface area contributed by atoms with Crippen LogP contribution in [-0.2, 0) is 6.54 Å². The molecule has 0 atom stereocenters. The molecule has 110 valence electrons. The molecule has 2 rings (SSSR count). The zero-order chi connectivity index (χ0) is 14.4. The normalized spacial score (nSPS) is 15.2. The number of hydrogen-bond donors (Lipinski definition) is 1. The highest BCUT2D eigenvalue weighted by atomic mass is 19.1. The highest BCUT2D eigenvalue weighted by Crippen LogP contribution is 2.32. The van der Waals surface area contributed by atoms with Crippen LogP contribution in [0.4, 0.5) is 4.39 Å². The summed E-state index contributed by atoms with van der Waals surface area (Å²) in [5.74, 6) is 1.61. The predicted octanol–water partition coefficient (Wildman–Crippen LogP) is 3.02. The largest absolute Gasteiger partial charge is 0.357 e. The Balaban J connectivity index is 1.92. The standard InChI is InChI=1S/C16H24FN3/c1-3-18-16(19-10-9-13-7-8-13)20(2)12-14-5-4-6-15(17)11-14/h4-6,11,13H,3,7-10,12H2,1-2H3,(H,18,19). The van der Waals surface area contributed by atoms with Crippen LogP contribution in [0.15, 0.2) is 29.3 Å². The molecule has 0 heterocycles. The Morgan fingerprint density at radius 1 is 1.45 bits per heavy atom. The quantitative estimate of drug-likeness (QED) is 0.639. The lowest BCUT2D eigenvalue weighted by molar-refractivity contribution is 0.474. The summed E-state index contributed by atoms with van der Waals surface area (Å²) < 4.78 is 13.2. The molecule has 0 unspecified atom stereocenters. The van der Waals surface area contributed by atoms with Gasteiger partial charge < -0.3 is 10.2 Å². The Morgan fingerprint density at radius 3 is 2.90 bits per heavy atom. The fraction of sp³-hybridized carbons (Fsp3) is 0.562. The third-order valence-electron chi connectivity index (χ3n) is 3.50. The van der Waals surface area contributed by atoms with E-state index < -0.39 is 0 Å². The molecule has 1 aliphatic rings. The fourth-order valence-electron chi connectivity index (χ4n) is 2.21. The number of nitrogens with one attached hydrogen (secondary N) is 1. The molecule has 4 heteroatoms. The molecule has 20 heavy (non-hydrogen) atoms. The van der Waals surface area contributed by atoms with Crippen LogP contribution in [0.25, 0.3) is 0 Å². The monoisotopic (exact) mass is 277 g/mol. The SMILES string of the molecule is CCNC(=NCCC1CC1)N(C)Cc1cccc(F)c1. The molecule has 0 spiro atoms. The van der Waals surface area contributed by atoms with Gasteiger partial charge in [-0.15, -0.1) is 0 Å². The highest BCUT2D eigenvalue weighted by molar-refractivity contribution is 5.79. The van der Waals surface area contributed by atoms with Gasteiger partial charge >= 0.3 is 0 Å². The third kappa shape index (κ3) is 4.83. The van der Waals surface area contributed by atoms with Gasteiger partial charge in [0.15, 0.2) is 5.96 Å². The summed E-state index contributed by atoms with van der Waals surface area (Å²) in [7, 11) is 1.99. The van der Waals surface area contributed by atoms with Crippen molar-refractivity contribution >= 4 is 5.96 Å². The Kier molecular flexibility index (Phi) is 5.39. The number of hydrogen-bond acceptors (Lipinski definition) is 1. The van der Waals surface area contributed by atoms with Crippen molar-refractivity contribution in [2.24, 2.45) is 10.9 Å². The van der Waals surface area contributed by atoms with Gasteiger partial charge in [-0.2, -0.15) is 0 Å². The van der Waals surface area contributed by atoms with Gasteiger partial charge in [-0.05, 0) is 37.0 Å². The molecule has 0 saturated heterocycles. The van der Waals surface area contributed by atoms with Crippen molar-refractivity contribution in [3.8, 4) is 0 Å². The topological polar surface area (TPSA) is 27.6 Å². The summed E-state index contributed by atoms with van der Waals surface area (Å²) in [6, 6.07) is 6.73. The van der Waals surface area contributed by atoms with Crippen LogP contribution in [-0.4, -0.2) is 31.0 Å². The van der Waals surface area contributed by atoms with Crippen molar-refractivity contribution in [1.29, 1.82) is 0 Å². The van der Waals surface area contributed by atoms with Crippen LogP contribution in [0.5, 0.6) is 0 Å². The second kappa shape index (κ2) is 7.27. The molecule has 1 aliphatic carbocycles. The maximum absolute atomic E-state index is 13.2. The molecule has 1 N–H and O–H groups in total. The third-order valence-corrected chi connectivity index (χ3v) is 3.50. The number of rotatable bonds is 6. The van der Waals surface area contributed by atoms with Gasteiger partial charge in [0.1, 0.15) is 5.82 Å². The number of guanidine groups is 1. The maximum atomic E-state index is 13.2. The Labute approximate surface area is 120 Å². The highest BCUT2D eigenvalue weighted by Gasteiger charge is 2.20. The average Bonchev–Trinajstić information content (AvgIpc) is 3.22. The van der Waals surface area contributed by atoms with E-state index in [9.17, 15) is 4.39 Å². The first-order chi connectivity index (χ1) is 9.69. The van der Waals surface area contributed by atoms with Gasteiger partial charge in [-0.3, -0.25) is 4.99 Å². The molecular formula is C16H24FN3. The second-order valence-corrected chi connectivity index (χ2v) is 5.45. The van der Waals surface area contributed by atoms with E-state index in [-0.39, 0.29) is 5.82 Å². The van der Waals surface area contributed by atoms with Crippen LogP contribution in [0.3, 0.4) is 0 Å². The van der Waals surface area contributed by atoms with Gasteiger partial charge in [0, 0.05) is 26.7 Å². The first kappa shape index (κ1) is 14.8. The lowest BCUT2D eigenvalue weighted by Gasteiger charge is -2.22. The van der Waals surface area contributed by atoms with Crippen molar-refractivity contribution in [2.45, 2.75) is 32.7 Å². The minimum absolute atomic E-state index is 0.188. The van der Waals surface area contributed by atoms with Gasteiger partial charge in [-0.25, -0.2) is 4.39 Å². The first-order valence-electron chi connectivity index (χ1n) is 7.43. The second-order valence-electron chi connectivity index (χ2n) is 5.45. The van der Waals surface area contributed by atoms with E-state index in [2.05, 4.69) is 17.2 Å². The molecule has 0 radical (unpaired) electrons. The summed E-state index contributed by atoms with van der Waals surface area (Å²) in [5, 5.41) is 3.29. The molecule has 1 saturated carbocycles. The Bertz CT molecular complexity index is 455. The van der Waals surface area contributed by atoms with E-state index in [0.29, 0.717) is 6.54 Å². The van der Waals surface area contributed by atoms with E-state index in [4.69, 9.17) is 0 Å². The molecule has 0 bridgehead atoms. The van der Waals surface area contributed by atoms with Gasteiger partial charge in [0.25, 0.3) is 0 Å². The zero-order valence-electron chi connectivity index (χ0n) is 12.4. The van der Waals surface area contributed by atoms with E-state index >= 15 is 0 Å². The predicted molar refractivity (Wildman–Crippen MR) is 81.2 cm³/mol. The molecular weight excluding hydrogens is 253 g/mol. The van der Waals surface area contributed by atoms with E-state index in [1.165, 1.54) is 25.3 Å². The van der Waals surface area contributed by atoms with Crippen molar-refractivity contribution in [3.63, 3.8) is 0 Å². The van der Waals surface area contributed by atoms with Gasteiger partial charge in [0.05, 0.1) is 0 Å². The summed E-state index contributed by atoms with van der Waals surface area (Å²) in [4.78, 5) is 6.70. The summed E-state index contributed by atoms with van der Waals surface area (Å²) in [6.45, 7) is 4.44. The Morgan fingerprint density at radius 2 is 2.25 bits per heavy atom. The number of halogens is 1. The van der Waals surface area contributed by atoms with Crippen molar-refractivity contribution in [2.75, 3.05) is 20.1 Å². The molecule has 3 nitrogen and oxygen atoms in total. The molecule has 0 aliphatic heterocycles. The van der Waals surface area contributed by atoms with Crippen molar-refractivity contribution in [3.05, 3.63) is 35.6 Å². The van der Waals surface area contributed by atoms with Crippen LogP contribution < -0.4 is 5.32 Å². The molecule has 0 amide bonds. The van der Waals surface area contributed by atoms with Crippen molar-refractivity contribution < 1.29 is 4.39 Å². The Hall–Kier alpha value is -1.58. The minimum atomic E-state index is -0.188. The average molecular weight is 277 g/mol. The van der Waals surface area contributed by atoms with Crippen LogP contribution >= 0.6 is 0 Å². The molecule has 0 aromatic heterocycles. The first-order valence-corrected chi connectivity index (χ1v) is 7.43. The molecule has 1 fully saturated rings. The van der Waals surface area contributed by atoms with Crippen LogP contribution in [0, 0.1) is 11.7 Å². The molecule has 1 aromatic rings.